The summed E-state index contributed by atoms with van der Waals surface area (Å²) in [6, 6.07) is 0. The van der Waals surface area contributed by atoms with Crippen molar-refractivity contribution >= 4 is 0 Å². The topological polar surface area (TPSA) is 78.9 Å². The maximum absolute atomic E-state index is 10.3. The SMILES string of the molecule is [O]=[Ta]1[O][Ta](=[O])[O][Ta](=[O])[O]1. The van der Waals surface area contributed by atoms with Crippen molar-refractivity contribution in [2.75, 3.05) is 0 Å². The van der Waals surface area contributed by atoms with E-state index >= 15 is 0 Å². The van der Waals surface area contributed by atoms with E-state index in [9.17, 15) is 9.75 Å². The summed E-state index contributed by atoms with van der Waals surface area (Å²) in [4.78, 5) is 0. The zero-order valence-electron chi connectivity index (χ0n) is 3.79. The van der Waals surface area contributed by atoms with E-state index in [0.29, 0.717) is 0 Å². The van der Waals surface area contributed by atoms with Crippen LogP contribution in [0.3, 0.4) is 0 Å². The summed E-state index contributed by atoms with van der Waals surface area (Å²) in [5, 5.41) is 0. The van der Waals surface area contributed by atoms with Crippen LogP contribution in [0, 0.1) is 0 Å². The van der Waals surface area contributed by atoms with Crippen molar-refractivity contribution in [1.29, 1.82) is 0 Å². The third kappa shape index (κ3) is 2.93. The van der Waals surface area contributed by atoms with Crippen LogP contribution in [-0.2, 0) is 72.6 Å². The standard InChI is InChI=1S/6O.3Ta. The summed E-state index contributed by atoms with van der Waals surface area (Å²) in [5.41, 5.74) is 0. The molecule has 6 nitrogen and oxygen atoms in total. The zero-order valence-corrected chi connectivity index (χ0v) is 13.4. The van der Waals surface area contributed by atoms with Crippen LogP contribution in [0.15, 0.2) is 0 Å². The first kappa shape index (κ1) is 8.60. The fourth-order valence-corrected chi connectivity index (χ4v) is 35.5. The van der Waals surface area contributed by atoms with Crippen LogP contribution in [0.4, 0.5) is 0 Å². The zero-order chi connectivity index (χ0) is 6.85. The molecule has 0 aliphatic carbocycles. The minimum absolute atomic E-state index is 3.59. The first-order chi connectivity index (χ1) is 4.18. The van der Waals surface area contributed by atoms with Gasteiger partial charge in [0.1, 0.15) is 0 Å². The Balaban J connectivity index is 2.64. The summed E-state index contributed by atoms with van der Waals surface area (Å²) in [7, 11) is 0. The molecular weight excluding hydrogens is 639 g/mol. The van der Waals surface area contributed by atoms with Gasteiger partial charge >= 0.3 is 72.6 Å². The quantitative estimate of drug-likeness (QED) is 0.354. The molecule has 0 atom stereocenters. The Morgan fingerprint density at radius 2 is 0.889 bits per heavy atom. The molecule has 9 heteroatoms. The molecule has 1 fully saturated rings. The van der Waals surface area contributed by atoms with Crippen molar-refractivity contribution < 1.29 is 72.6 Å². The van der Waals surface area contributed by atoms with E-state index in [1.807, 2.05) is 0 Å². The molecule has 0 aromatic heterocycles. The maximum atomic E-state index is 10.3. The van der Waals surface area contributed by atoms with Crippen LogP contribution in [-0.4, -0.2) is 0 Å². The molecule has 0 spiro atoms. The Bertz CT molecular complexity index is 135. The molecule has 9 heavy (non-hydrogen) atoms. The van der Waals surface area contributed by atoms with E-state index in [0.717, 1.165) is 0 Å². The molecule has 0 bridgehead atoms. The van der Waals surface area contributed by atoms with Crippen molar-refractivity contribution in [1.82, 2.24) is 0 Å². The molecule has 1 aliphatic heterocycles. The second-order valence-corrected chi connectivity index (χ2v) is 21.9. The molecule has 0 radical (unpaired) electrons. The molecule has 51 valence electrons. The normalized spacial score (nSPS) is 20.7. The molecule has 1 saturated heterocycles. The van der Waals surface area contributed by atoms with Gasteiger partial charge in [-0.25, -0.2) is 0 Å². The number of rotatable bonds is 0. The molecule has 0 amide bonds. The molecule has 1 aliphatic rings. The van der Waals surface area contributed by atoms with Crippen LogP contribution in [0.25, 0.3) is 0 Å². The van der Waals surface area contributed by atoms with E-state index in [1.54, 1.807) is 0 Å². The summed E-state index contributed by atoms with van der Waals surface area (Å²) in [6.45, 7) is 0. The van der Waals surface area contributed by atoms with Crippen LogP contribution >= 0.6 is 0 Å². The van der Waals surface area contributed by atoms with E-state index < -0.39 is 57.6 Å². The van der Waals surface area contributed by atoms with Gasteiger partial charge in [-0.05, 0) is 0 Å². The predicted octanol–water partition coefficient (Wildman–Crippen LogP) is -0.569. The van der Waals surface area contributed by atoms with Gasteiger partial charge in [0.15, 0.2) is 0 Å². The summed E-state index contributed by atoms with van der Waals surface area (Å²) >= 11 is -10.8. The predicted molar refractivity (Wildman–Crippen MR) is 5.31 cm³/mol. The third-order valence-corrected chi connectivity index (χ3v) is 26.8. The minimum atomic E-state index is -3.59. The average molecular weight is 639 g/mol. The Kier molecular flexibility index (Phi) is 3.60. The molecule has 0 saturated carbocycles. The van der Waals surface area contributed by atoms with Crippen molar-refractivity contribution in [3.63, 3.8) is 0 Å². The van der Waals surface area contributed by atoms with Gasteiger partial charge in [-0.15, -0.1) is 0 Å². The van der Waals surface area contributed by atoms with Gasteiger partial charge in [0.05, 0.1) is 0 Å². The molecule has 0 aromatic carbocycles. The Labute approximate surface area is 71.8 Å². The first-order valence-electron chi connectivity index (χ1n) is 1.64. The second kappa shape index (κ2) is 3.77. The van der Waals surface area contributed by atoms with Crippen LogP contribution in [0.5, 0.6) is 0 Å². The molecule has 0 unspecified atom stereocenters. The summed E-state index contributed by atoms with van der Waals surface area (Å²) in [5.74, 6) is 0. The van der Waals surface area contributed by atoms with Gasteiger partial charge in [-0.1, -0.05) is 0 Å². The van der Waals surface area contributed by atoms with Crippen molar-refractivity contribution in [3.05, 3.63) is 0 Å². The van der Waals surface area contributed by atoms with E-state index in [4.69, 9.17) is 0 Å². The Morgan fingerprint density at radius 1 is 0.667 bits per heavy atom. The van der Waals surface area contributed by atoms with Crippen molar-refractivity contribution in [3.8, 4) is 0 Å². The molecule has 1 heterocycles. The number of hydrogen-bond donors (Lipinski definition) is 0. The van der Waals surface area contributed by atoms with Gasteiger partial charge in [0, 0.05) is 0 Å². The van der Waals surface area contributed by atoms with Crippen LogP contribution in [0.1, 0.15) is 0 Å². The van der Waals surface area contributed by atoms with E-state index in [2.05, 4.69) is 5.26 Å². The Hall–Kier alpha value is 1.50. The third-order valence-electron chi connectivity index (χ3n) is 0.400. The second-order valence-electron chi connectivity index (χ2n) is 0.916. The molecule has 1 rings (SSSR count). The van der Waals surface area contributed by atoms with Crippen LogP contribution < -0.4 is 0 Å². The Morgan fingerprint density at radius 3 is 1.11 bits per heavy atom. The van der Waals surface area contributed by atoms with Gasteiger partial charge < -0.3 is 0 Å². The van der Waals surface area contributed by atoms with Gasteiger partial charge in [-0.3, -0.25) is 0 Å². The molecule has 0 aromatic rings. The van der Waals surface area contributed by atoms with Crippen molar-refractivity contribution in [2.24, 2.45) is 0 Å². The summed E-state index contributed by atoms with van der Waals surface area (Å²) in [6.07, 6.45) is 0. The van der Waals surface area contributed by atoms with Gasteiger partial charge in [-0.2, -0.15) is 0 Å². The van der Waals surface area contributed by atoms with Crippen molar-refractivity contribution in [2.45, 2.75) is 0 Å². The van der Waals surface area contributed by atoms with Crippen LogP contribution in [0.2, 0.25) is 0 Å². The first-order valence-corrected chi connectivity index (χ1v) is 13.4. The van der Waals surface area contributed by atoms with E-state index in [1.165, 1.54) is 0 Å². The molecular formula is O6Ta3. The number of hydrogen-bond acceptors (Lipinski definition) is 6. The summed E-state index contributed by atoms with van der Waals surface area (Å²) < 4.78 is 43.8. The van der Waals surface area contributed by atoms with Gasteiger partial charge in [0.25, 0.3) is 0 Å². The van der Waals surface area contributed by atoms with Gasteiger partial charge in [0.2, 0.25) is 0 Å². The fraction of sp³-hybridized carbons (Fsp3) is 0. The molecule has 0 N–H and O–H groups in total. The van der Waals surface area contributed by atoms with E-state index in [-0.39, 0.29) is 0 Å². The average Bonchev–Trinajstić information content (AvgIpc) is 1.59. The fourth-order valence-electron chi connectivity index (χ4n) is 0.208. The monoisotopic (exact) mass is 639 g/mol.